The molecular weight excluding hydrogens is 697 g/mol. The molecule has 4 aromatic heterocycles. The molecule has 10 aromatic rings. The van der Waals surface area contributed by atoms with E-state index in [0.29, 0.717) is 0 Å². The topological polar surface area (TPSA) is 24.8 Å². The van der Waals surface area contributed by atoms with E-state index in [4.69, 9.17) is 4.74 Å². The van der Waals surface area contributed by atoms with Crippen LogP contribution >= 0.6 is 0 Å². The lowest BCUT2D eigenvalue weighted by molar-refractivity contribution is -0.595. The summed E-state index contributed by atoms with van der Waals surface area (Å²) in [4.78, 5) is 0. The number of nitrogens with zero attached hydrogens (tertiary/aromatic N) is 4. The molecule has 0 N–H and O–H groups in total. The number of pyridine rings is 4. The highest BCUT2D eigenvalue weighted by Crippen LogP contribution is 2.25. The molecule has 0 aliphatic carbocycles. The molecule has 0 aliphatic heterocycles. The molecule has 0 fully saturated rings. The van der Waals surface area contributed by atoms with Crippen molar-refractivity contribution in [3.63, 3.8) is 0 Å². The maximum Gasteiger partial charge on any atom is 0.218 e. The molecule has 0 amide bonds. The third-order valence-electron chi connectivity index (χ3n) is 10.6. The van der Waals surface area contributed by atoms with Crippen molar-refractivity contribution in [3.8, 4) is 56.5 Å². The lowest BCUT2D eigenvalue weighted by atomic mass is 10.1. The lowest BCUT2D eigenvalue weighted by Crippen LogP contribution is -2.30. The van der Waals surface area contributed by atoms with Gasteiger partial charge in [-0.15, -0.1) is 0 Å². The van der Waals surface area contributed by atoms with E-state index in [2.05, 4.69) is 226 Å². The summed E-state index contributed by atoms with van der Waals surface area (Å²) in [5, 5.41) is 4.95. The molecule has 0 saturated carbocycles. The van der Waals surface area contributed by atoms with Gasteiger partial charge in [0.05, 0.1) is 10.8 Å². The summed E-state index contributed by atoms with van der Waals surface area (Å²) >= 11 is 0. The third-order valence-corrected chi connectivity index (χ3v) is 10.6. The SMILES string of the molecule is c1ccc2c(-[n+]3ccc(-c4cc[n+](-c5ccc(Oc6ccc(-[n+]7ccc(-c8cc[n+](-c9cccc%10ccccc9%10)cc8)cc7)cc6)cc5)cc4)cc3)cccc2c1. The van der Waals surface area contributed by atoms with Gasteiger partial charge < -0.3 is 4.74 Å². The molecule has 0 unspecified atom stereocenters. The molecule has 5 nitrogen and oxygen atoms in total. The van der Waals surface area contributed by atoms with Gasteiger partial charge in [0.15, 0.2) is 49.6 Å². The van der Waals surface area contributed by atoms with E-state index in [9.17, 15) is 0 Å². The smallest absolute Gasteiger partial charge is 0.218 e. The zero-order valence-electron chi connectivity index (χ0n) is 31.1. The second-order valence-electron chi connectivity index (χ2n) is 14.1. The van der Waals surface area contributed by atoms with Crippen LogP contribution in [-0.4, -0.2) is 0 Å². The van der Waals surface area contributed by atoms with Crippen molar-refractivity contribution in [1.82, 2.24) is 0 Å². The molecule has 6 aromatic carbocycles. The highest BCUT2D eigenvalue weighted by molar-refractivity contribution is 5.89. The summed E-state index contributed by atoms with van der Waals surface area (Å²) < 4.78 is 14.8. The van der Waals surface area contributed by atoms with Crippen LogP contribution in [0, 0.1) is 0 Å². The van der Waals surface area contributed by atoms with E-state index in [1.807, 2.05) is 24.3 Å². The molecule has 5 heteroatoms. The zero-order valence-corrected chi connectivity index (χ0v) is 31.1. The van der Waals surface area contributed by atoms with Crippen LogP contribution in [0.1, 0.15) is 0 Å². The first-order chi connectivity index (χ1) is 28.2. The Morgan fingerprint density at radius 3 is 0.947 bits per heavy atom. The maximum atomic E-state index is 6.22. The number of aromatic nitrogens is 4. The van der Waals surface area contributed by atoms with Gasteiger partial charge in [-0.2, -0.15) is 18.3 Å². The molecular formula is C52H38N4O+4. The molecule has 0 radical (unpaired) electrons. The summed E-state index contributed by atoms with van der Waals surface area (Å²) in [5.41, 5.74) is 9.13. The van der Waals surface area contributed by atoms with Gasteiger partial charge in [0, 0.05) is 84.9 Å². The average Bonchev–Trinajstić information content (AvgIpc) is 3.29. The highest BCUT2D eigenvalue weighted by atomic mass is 16.5. The van der Waals surface area contributed by atoms with Crippen molar-refractivity contribution in [2.24, 2.45) is 0 Å². The van der Waals surface area contributed by atoms with Crippen molar-refractivity contribution in [2.45, 2.75) is 0 Å². The quantitative estimate of drug-likeness (QED) is 0.143. The summed E-state index contributed by atoms with van der Waals surface area (Å²) in [6.45, 7) is 0. The van der Waals surface area contributed by atoms with Crippen LogP contribution in [0.3, 0.4) is 0 Å². The van der Waals surface area contributed by atoms with E-state index in [-0.39, 0.29) is 0 Å². The Morgan fingerprint density at radius 2 is 0.579 bits per heavy atom. The second-order valence-corrected chi connectivity index (χ2v) is 14.1. The molecule has 0 aliphatic rings. The van der Waals surface area contributed by atoms with Gasteiger partial charge in [0.25, 0.3) is 0 Å². The van der Waals surface area contributed by atoms with Gasteiger partial charge in [0.1, 0.15) is 11.5 Å². The zero-order chi connectivity index (χ0) is 38.0. The van der Waals surface area contributed by atoms with Gasteiger partial charge in [-0.25, -0.2) is 0 Å². The van der Waals surface area contributed by atoms with Crippen LogP contribution in [0.15, 0.2) is 232 Å². The molecule has 57 heavy (non-hydrogen) atoms. The number of hydrogen-bond acceptors (Lipinski definition) is 1. The Hall–Kier alpha value is -7.76. The minimum absolute atomic E-state index is 0.786. The van der Waals surface area contributed by atoms with E-state index in [1.54, 1.807) is 0 Å². The van der Waals surface area contributed by atoms with Gasteiger partial charge in [0.2, 0.25) is 22.7 Å². The lowest BCUT2D eigenvalue weighted by Gasteiger charge is -2.06. The van der Waals surface area contributed by atoms with Crippen LogP contribution in [0.2, 0.25) is 0 Å². The fraction of sp³-hybridized carbons (Fsp3) is 0. The van der Waals surface area contributed by atoms with Gasteiger partial charge in [-0.3, -0.25) is 0 Å². The third kappa shape index (κ3) is 6.90. The predicted molar refractivity (Wildman–Crippen MR) is 225 cm³/mol. The molecule has 268 valence electrons. The first-order valence-electron chi connectivity index (χ1n) is 19.1. The minimum atomic E-state index is 0.786. The number of hydrogen-bond donors (Lipinski definition) is 0. The molecule has 0 atom stereocenters. The standard InChI is InChI=1S/C52H38N4O/c1-3-11-49-43(7-1)9-5-13-51(49)55-35-27-41(28-36-55)39-23-31-53(32-24-39)45-15-19-47(20-16-45)57-48-21-17-46(18-22-48)54-33-25-40(26-34-54)42-29-37-56(38-30-42)52-14-6-10-44-8-2-4-12-50(44)52/h1-38H/q+4. The van der Waals surface area contributed by atoms with Gasteiger partial charge >= 0.3 is 0 Å². The Bertz CT molecular complexity index is 2760. The normalized spacial score (nSPS) is 11.2. The fourth-order valence-corrected chi connectivity index (χ4v) is 7.52. The van der Waals surface area contributed by atoms with Crippen LogP contribution in [0.25, 0.3) is 66.5 Å². The summed E-state index contributed by atoms with van der Waals surface area (Å²) in [5.74, 6) is 1.57. The van der Waals surface area contributed by atoms with Crippen molar-refractivity contribution in [2.75, 3.05) is 0 Å². The van der Waals surface area contributed by atoms with Crippen molar-refractivity contribution in [3.05, 3.63) is 232 Å². The van der Waals surface area contributed by atoms with Crippen molar-refractivity contribution < 1.29 is 23.0 Å². The molecule has 0 bridgehead atoms. The predicted octanol–water partition coefficient (Wildman–Crippen LogP) is 10.2. The van der Waals surface area contributed by atoms with Gasteiger partial charge in [-0.05, 0) is 69.4 Å². The maximum absolute atomic E-state index is 6.22. The van der Waals surface area contributed by atoms with Crippen LogP contribution in [0.5, 0.6) is 11.5 Å². The molecule has 10 rings (SSSR count). The van der Waals surface area contributed by atoms with Crippen molar-refractivity contribution in [1.29, 1.82) is 0 Å². The number of benzene rings is 6. The fourth-order valence-electron chi connectivity index (χ4n) is 7.52. The number of ether oxygens (including phenoxy) is 1. The molecule has 4 heterocycles. The Kier molecular flexibility index (Phi) is 8.78. The van der Waals surface area contributed by atoms with Crippen LogP contribution in [-0.2, 0) is 0 Å². The molecule has 0 spiro atoms. The van der Waals surface area contributed by atoms with Gasteiger partial charge in [-0.1, -0.05) is 60.7 Å². The Balaban J connectivity index is 0.770. The van der Waals surface area contributed by atoms with E-state index < -0.39 is 0 Å². The molecule has 0 saturated heterocycles. The first kappa shape index (κ1) is 33.8. The first-order valence-corrected chi connectivity index (χ1v) is 19.1. The average molecular weight is 735 g/mol. The number of fused-ring (bicyclic) bond motifs is 2. The number of rotatable bonds is 8. The second kappa shape index (κ2) is 14.8. The summed E-state index contributed by atoms with van der Waals surface area (Å²) in [6, 6.07) is 63.4. The summed E-state index contributed by atoms with van der Waals surface area (Å²) in [7, 11) is 0. The van der Waals surface area contributed by atoms with E-state index in [1.165, 1.54) is 44.0 Å². The minimum Gasteiger partial charge on any atom is -0.457 e. The van der Waals surface area contributed by atoms with E-state index in [0.717, 1.165) is 34.0 Å². The van der Waals surface area contributed by atoms with Crippen LogP contribution < -0.4 is 23.0 Å². The Labute approximate surface area is 331 Å². The summed E-state index contributed by atoms with van der Waals surface area (Å²) in [6.07, 6.45) is 16.9. The monoisotopic (exact) mass is 734 g/mol. The largest absolute Gasteiger partial charge is 0.457 e. The van der Waals surface area contributed by atoms with Crippen LogP contribution in [0.4, 0.5) is 0 Å². The van der Waals surface area contributed by atoms with E-state index >= 15 is 0 Å². The Morgan fingerprint density at radius 1 is 0.263 bits per heavy atom. The van der Waals surface area contributed by atoms with Crippen molar-refractivity contribution >= 4 is 21.5 Å². The highest BCUT2D eigenvalue weighted by Gasteiger charge is 2.15.